The molecule has 0 bridgehead atoms. The second-order valence-corrected chi connectivity index (χ2v) is 9.71. The van der Waals surface area contributed by atoms with Gasteiger partial charge in [0.2, 0.25) is 0 Å². The maximum absolute atomic E-state index is 13.0. The van der Waals surface area contributed by atoms with Crippen molar-refractivity contribution in [3.05, 3.63) is 82.7 Å². The van der Waals surface area contributed by atoms with Gasteiger partial charge in [0.05, 0.1) is 26.4 Å². The molecule has 33 heavy (non-hydrogen) atoms. The number of rotatable bonds is 6. The molecule has 0 unspecified atom stereocenters. The number of nitrogen functional groups attached to an aromatic ring is 1. The molecule has 4 rings (SSSR count). The molecule has 9 nitrogen and oxygen atoms in total. The van der Waals surface area contributed by atoms with Crippen LogP contribution in [-0.4, -0.2) is 25.2 Å². The summed E-state index contributed by atoms with van der Waals surface area (Å²) >= 11 is 1.50. The van der Waals surface area contributed by atoms with E-state index in [4.69, 9.17) is 5.84 Å². The zero-order valence-electron chi connectivity index (χ0n) is 17.3. The van der Waals surface area contributed by atoms with Gasteiger partial charge in [0.15, 0.2) is 11.1 Å². The van der Waals surface area contributed by atoms with Gasteiger partial charge >= 0.3 is 0 Å². The fourth-order valence-corrected chi connectivity index (χ4v) is 5.36. The predicted octanol–water partition coefficient (Wildman–Crippen LogP) is 2.69. The molecule has 0 aliphatic carbocycles. The van der Waals surface area contributed by atoms with E-state index in [2.05, 4.69) is 9.71 Å². The third kappa shape index (κ3) is 4.55. The molecule has 1 heterocycles. The van der Waals surface area contributed by atoms with Gasteiger partial charge in [-0.25, -0.2) is 19.3 Å². The van der Waals surface area contributed by atoms with Gasteiger partial charge in [0.1, 0.15) is 0 Å². The van der Waals surface area contributed by atoms with Crippen LogP contribution in [0.3, 0.4) is 0 Å². The summed E-state index contributed by atoms with van der Waals surface area (Å²) in [5.74, 6) is 4.43. The third-order valence-electron chi connectivity index (χ3n) is 4.88. The number of aldehydes is 1. The highest BCUT2D eigenvalue weighted by atomic mass is 32.2. The number of nitrogens with one attached hydrogen (secondary N) is 2. The van der Waals surface area contributed by atoms with E-state index in [0.717, 1.165) is 15.0 Å². The minimum atomic E-state index is -4.00. The highest BCUT2D eigenvalue weighted by Crippen LogP contribution is 2.23. The van der Waals surface area contributed by atoms with Gasteiger partial charge in [-0.15, -0.1) is 0 Å². The fourth-order valence-electron chi connectivity index (χ4n) is 3.23. The molecule has 0 aliphatic rings. The molecule has 0 radical (unpaired) electrons. The van der Waals surface area contributed by atoms with E-state index in [0.29, 0.717) is 12.0 Å². The van der Waals surface area contributed by atoms with E-state index in [1.165, 1.54) is 41.7 Å². The number of sulfonamides is 1. The molecule has 0 saturated heterocycles. The van der Waals surface area contributed by atoms with E-state index < -0.39 is 15.9 Å². The standard InChI is InChI=1S/C22H19N5O4S2/c1-27-19-7-2-3-8-20(19)32-22(27)24-15-5-4-6-17(11-15)33(30,31)26-16-10-9-14(13-28)18(12-16)21(29)25-23/h2-13,26H,23H2,1H3,(H,25,29). The molecule has 0 fully saturated rings. The summed E-state index contributed by atoms with van der Waals surface area (Å²) in [7, 11) is -2.10. The van der Waals surface area contributed by atoms with Crippen LogP contribution < -0.4 is 20.8 Å². The van der Waals surface area contributed by atoms with Crippen molar-refractivity contribution in [3.63, 3.8) is 0 Å². The van der Waals surface area contributed by atoms with Crippen LogP contribution in [0.15, 0.2) is 76.6 Å². The number of aromatic nitrogens is 1. The number of nitrogens with two attached hydrogens (primary N) is 1. The Morgan fingerprint density at radius 3 is 2.61 bits per heavy atom. The number of carbonyl (C=O) groups is 2. The number of fused-ring (bicyclic) bond motifs is 1. The molecule has 0 saturated carbocycles. The summed E-state index contributed by atoms with van der Waals surface area (Å²) in [5, 5.41) is 0. The Hall–Kier alpha value is -3.80. The van der Waals surface area contributed by atoms with Crippen molar-refractivity contribution in [2.45, 2.75) is 4.90 Å². The second kappa shape index (κ2) is 8.98. The smallest absolute Gasteiger partial charge is 0.265 e. The number of amides is 1. The van der Waals surface area contributed by atoms with Crippen LogP contribution in [0, 0.1) is 0 Å². The molecule has 1 aromatic heterocycles. The Balaban J connectivity index is 1.69. The highest BCUT2D eigenvalue weighted by molar-refractivity contribution is 7.92. The lowest BCUT2D eigenvalue weighted by atomic mass is 10.1. The second-order valence-electron chi connectivity index (χ2n) is 7.02. The fraction of sp³-hybridized carbons (Fsp3) is 0.0455. The molecule has 1 amide bonds. The Kier molecular flexibility index (Phi) is 6.09. The molecule has 3 aromatic carbocycles. The Labute approximate surface area is 193 Å². The predicted molar refractivity (Wildman–Crippen MR) is 127 cm³/mol. The van der Waals surface area contributed by atoms with Gasteiger partial charge in [-0.3, -0.25) is 19.7 Å². The van der Waals surface area contributed by atoms with Crippen LogP contribution in [0.2, 0.25) is 0 Å². The number of hydrogen-bond donors (Lipinski definition) is 3. The lowest BCUT2D eigenvalue weighted by Gasteiger charge is -2.11. The van der Waals surface area contributed by atoms with Crippen molar-refractivity contribution in [3.8, 4) is 0 Å². The average Bonchev–Trinajstić information content (AvgIpc) is 3.13. The number of thiazole rings is 1. The average molecular weight is 482 g/mol. The first-order chi connectivity index (χ1) is 15.8. The number of aryl methyl sites for hydroxylation is 1. The zero-order chi connectivity index (χ0) is 23.6. The molecular weight excluding hydrogens is 462 g/mol. The topological polar surface area (TPSA) is 136 Å². The molecular formula is C22H19N5O4S2. The number of hydrazine groups is 1. The van der Waals surface area contributed by atoms with Crippen molar-refractivity contribution >= 4 is 55.1 Å². The van der Waals surface area contributed by atoms with Crippen LogP contribution in [0.5, 0.6) is 0 Å². The van der Waals surface area contributed by atoms with E-state index in [1.807, 2.05) is 41.3 Å². The molecule has 4 aromatic rings. The molecule has 11 heteroatoms. The summed E-state index contributed by atoms with van der Waals surface area (Å²) in [6.45, 7) is 0. The van der Waals surface area contributed by atoms with Gasteiger partial charge in [0.25, 0.3) is 15.9 Å². The van der Waals surface area contributed by atoms with E-state index in [9.17, 15) is 18.0 Å². The van der Waals surface area contributed by atoms with Crippen molar-refractivity contribution in [2.75, 3.05) is 4.72 Å². The summed E-state index contributed by atoms with van der Waals surface area (Å²) in [6.07, 6.45) is 0.488. The first-order valence-electron chi connectivity index (χ1n) is 9.65. The first-order valence-corrected chi connectivity index (χ1v) is 11.9. The number of nitrogens with zero attached hydrogens (tertiary/aromatic N) is 2. The third-order valence-corrected chi connectivity index (χ3v) is 7.37. The van der Waals surface area contributed by atoms with Crippen molar-refractivity contribution in [1.82, 2.24) is 9.99 Å². The Bertz CT molecular complexity index is 1550. The minimum Gasteiger partial charge on any atom is -0.320 e. The van der Waals surface area contributed by atoms with Gasteiger partial charge in [0, 0.05) is 18.3 Å². The summed E-state index contributed by atoms with van der Waals surface area (Å²) in [4.78, 5) is 28.4. The van der Waals surface area contributed by atoms with Crippen molar-refractivity contribution in [1.29, 1.82) is 0 Å². The van der Waals surface area contributed by atoms with Crippen LogP contribution in [-0.2, 0) is 17.1 Å². The van der Waals surface area contributed by atoms with Gasteiger partial charge in [-0.2, -0.15) is 0 Å². The lowest BCUT2D eigenvalue weighted by molar-refractivity contribution is 0.0948. The summed E-state index contributed by atoms with van der Waals surface area (Å²) in [5.41, 5.74) is 3.58. The monoisotopic (exact) mass is 481 g/mol. The van der Waals surface area contributed by atoms with Gasteiger partial charge < -0.3 is 4.57 Å². The summed E-state index contributed by atoms with van der Waals surface area (Å²) < 4.78 is 31.4. The van der Waals surface area contributed by atoms with Crippen molar-refractivity contribution in [2.24, 2.45) is 17.9 Å². The zero-order valence-corrected chi connectivity index (χ0v) is 19.0. The minimum absolute atomic E-state index is 0.00296. The SMILES string of the molecule is Cn1c(=Nc2cccc(S(=O)(=O)Nc3ccc(C=O)c(C(=O)NN)c3)c2)sc2ccccc21. The number of benzene rings is 3. The normalized spacial score (nSPS) is 12.0. The van der Waals surface area contributed by atoms with Crippen LogP contribution in [0.1, 0.15) is 20.7 Å². The van der Waals surface area contributed by atoms with Crippen LogP contribution in [0.25, 0.3) is 10.2 Å². The van der Waals surface area contributed by atoms with Gasteiger partial charge in [-0.05, 0) is 48.5 Å². The molecule has 0 spiro atoms. The van der Waals surface area contributed by atoms with Gasteiger partial charge in [-0.1, -0.05) is 29.5 Å². The number of para-hydroxylation sites is 1. The maximum atomic E-state index is 13.0. The maximum Gasteiger partial charge on any atom is 0.265 e. The van der Waals surface area contributed by atoms with E-state index in [1.54, 1.807) is 12.1 Å². The lowest BCUT2D eigenvalue weighted by Crippen LogP contribution is -2.31. The quantitative estimate of drug-likeness (QED) is 0.168. The first kappa shape index (κ1) is 22.4. The summed E-state index contributed by atoms with van der Waals surface area (Å²) in [6, 6.07) is 18.1. The molecule has 0 aliphatic heterocycles. The molecule has 4 N–H and O–H groups in total. The van der Waals surface area contributed by atoms with Crippen molar-refractivity contribution < 1.29 is 18.0 Å². The van der Waals surface area contributed by atoms with E-state index >= 15 is 0 Å². The largest absolute Gasteiger partial charge is 0.320 e. The number of carbonyl (C=O) groups excluding carboxylic acids is 2. The molecule has 168 valence electrons. The number of anilines is 1. The molecule has 0 atom stereocenters. The van der Waals surface area contributed by atoms with Crippen LogP contribution in [0.4, 0.5) is 11.4 Å². The number of hydrogen-bond acceptors (Lipinski definition) is 7. The van der Waals surface area contributed by atoms with Crippen LogP contribution >= 0.6 is 11.3 Å². The highest BCUT2D eigenvalue weighted by Gasteiger charge is 2.17. The van der Waals surface area contributed by atoms with E-state index in [-0.39, 0.29) is 21.7 Å². The Morgan fingerprint density at radius 1 is 1.09 bits per heavy atom. The Morgan fingerprint density at radius 2 is 1.88 bits per heavy atom.